The number of benzene rings is 1. The molecule has 2 fully saturated rings. The third kappa shape index (κ3) is 10.6. The van der Waals surface area contributed by atoms with E-state index in [1.54, 1.807) is 31.6 Å². The molecule has 11 nitrogen and oxygen atoms in total. The van der Waals surface area contributed by atoms with E-state index in [1.807, 2.05) is 24.3 Å². The summed E-state index contributed by atoms with van der Waals surface area (Å²) in [6.07, 6.45) is 6.18. The van der Waals surface area contributed by atoms with Crippen LogP contribution in [0.1, 0.15) is 36.1 Å². The minimum atomic E-state index is -3.67. The summed E-state index contributed by atoms with van der Waals surface area (Å²) in [6, 6.07) is 11.9. The molecule has 1 aromatic heterocycles. The molecule has 3 heterocycles. The summed E-state index contributed by atoms with van der Waals surface area (Å²) in [7, 11) is -0.503. The number of esters is 1. The van der Waals surface area contributed by atoms with Gasteiger partial charge in [-0.3, -0.25) is 14.2 Å². The number of ether oxygens (including phenoxy) is 3. The summed E-state index contributed by atoms with van der Waals surface area (Å²) >= 11 is 1.64. The number of hydrogen-bond donors (Lipinski definition) is 2. The number of nitrogens with zero attached hydrogens (tertiary/aromatic N) is 3. The number of nitriles is 1. The van der Waals surface area contributed by atoms with Gasteiger partial charge in [-0.25, -0.2) is 0 Å². The molecule has 42 heavy (non-hydrogen) atoms. The molecule has 1 atom stereocenters. The van der Waals surface area contributed by atoms with Gasteiger partial charge < -0.3 is 24.2 Å². The van der Waals surface area contributed by atoms with Gasteiger partial charge in [0, 0.05) is 44.0 Å². The van der Waals surface area contributed by atoms with Gasteiger partial charge in [0.1, 0.15) is 6.10 Å². The van der Waals surface area contributed by atoms with E-state index in [0.29, 0.717) is 29.9 Å². The molecular formula is C29H39N3O8S2. The number of carbonyl (C=O) groups is 1. The zero-order chi connectivity index (χ0) is 30.7. The highest BCUT2D eigenvalue weighted by Gasteiger charge is 2.26. The molecule has 4 rings (SSSR count). The molecule has 1 unspecified atom stereocenters. The molecule has 2 saturated heterocycles. The minimum absolute atomic E-state index is 0.0586. The Bertz CT molecular complexity index is 1350. The highest BCUT2D eigenvalue weighted by Crippen LogP contribution is 2.34. The number of hydrogen-bond acceptors (Lipinski definition) is 11. The molecule has 13 heteroatoms. The molecule has 0 spiro atoms. The maximum atomic E-state index is 12.5. The number of rotatable bonds is 9. The van der Waals surface area contributed by atoms with Crippen LogP contribution in [0.2, 0.25) is 0 Å². The number of carbonyl (C=O) groups excluding carboxylic acids is 1. The van der Waals surface area contributed by atoms with Crippen LogP contribution in [0.25, 0.3) is 11.6 Å². The van der Waals surface area contributed by atoms with Gasteiger partial charge in [0.25, 0.3) is 10.1 Å². The van der Waals surface area contributed by atoms with Gasteiger partial charge >= 0.3 is 5.97 Å². The molecule has 2 aliphatic rings. The van der Waals surface area contributed by atoms with Crippen molar-refractivity contribution in [3.63, 3.8) is 0 Å². The number of allylic oxidation sites excluding steroid dienone is 1. The fourth-order valence-corrected chi connectivity index (χ4v) is 5.96. The van der Waals surface area contributed by atoms with Crippen molar-refractivity contribution in [1.82, 2.24) is 4.90 Å². The topological polar surface area (TPSA) is 150 Å². The largest absolute Gasteiger partial charge is 0.493 e. The van der Waals surface area contributed by atoms with Crippen molar-refractivity contribution in [2.45, 2.75) is 31.8 Å². The number of anilines is 1. The number of methoxy groups -OCH3 is 2. The number of piperidine rings is 2. The van der Waals surface area contributed by atoms with Gasteiger partial charge in [-0.15, -0.1) is 11.3 Å². The fourth-order valence-electron chi connectivity index (χ4n) is 4.96. The first kappa shape index (κ1) is 33.4. The Labute approximate surface area is 251 Å². The summed E-state index contributed by atoms with van der Waals surface area (Å²) in [5.41, 5.74) is 1.33. The number of thiophene rings is 1. The highest BCUT2D eigenvalue weighted by molar-refractivity contribution is 7.85. The average molecular weight is 622 g/mol. The second-order valence-electron chi connectivity index (χ2n) is 10.3. The van der Waals surface area contributed by atoms with E-state index in [0.717, 1.165) is 67.3 Å². The van der Waals surface area contributed by atoms with Crippen LogP contribution in [0.15, 0.2) is 30.3 Å². The van der Waals surface area contributed by atoms with Crippen molar-refractivity contribution in [2.75, 3.05) is 64.7 Å². The van der Waals surface area contributed by atoms with Crippen molar-refractivity contribution in [3.8, 4) is 17.6 Å². The molecule has 230 valence electrons. The molecule has 0 saturated carbocycles. The first-order chi connectivity index (χ1) is 20.0. The minimum Gasteiger partial charge on any atom is -0.493 e. The summed E-state index contributed by atoms with van der Waals surface area (Å²) in [5, 5.41) is 20.3. The summed E-state index contributed by atoms with van der Waals surface area (Å²) < 4.78 is 42.3. The fraction of sp³-hybridized carbons (Fsp3) is 0.517. The molecule has 2 aliphatic heterocycles. The standard InChI is InChI=1S/C28H35N3O5S.CH4O3S/c1-34-25-7-5-21(15-26(25)35-2)22(16-29)14-24-6-8-27(37-24)31-12-9-23(10-13-31)36-28(33)18-30-11-3-4-20(17-30)19-32;1-5(2,3)4/h5-8,14-15,20,23,32H,3-4,9-13,17-19H2,1-2H3;1H3,(H,2,3,4). The number of aliphatic hydroxyl groups is 1. The van der Waals surface area contributed by atoms with Crippen LogP contribution in [-0.4, -0.2) is 94.9 Å². The zero-order valence-electron chi connectivity index (χ0n) is 24.2. The SMILES string of the molecule is COc1ccc(C(C#N)=Cc2ccc(N3CCC(OC(=O)CN4CCCC(CO)C4)CC3)s2)cc1OC.CS(=O)(=O)O. The first-order valence-electron chi connectivity index (χ1n) is 13.7. The van der Waals surface area contributed by atoms with Crippen LogP contribution in [0.4, 0.5) is 5.00 Å². The Hall–Kier alpha value is -3.15. The lowest BCUT2D eigenvalue weighted by molar-refractivity contribution is -0.151. The van der Waals surface area contributed by atoms with Crippen LogP contribution >= 0.6 is 11.3 Å². The Morgan fingerprint density at radius 3 is 2.43 bits per heavy atom. The highest BCUT2D eigenvalue weighted by atomic mass is 32.2. The molecule has 0 amide bonds. The van der Waals surface area contributed by atoms with E-state index in [1.165, 1.54) is 0 Å². The summed E-state index contributed by atoms with van der Waals surface area (Å²) in [6.45, 7) is 3.77. The Morgan fingerprint density at radius 1 is 1.12 bits per heavy atom. The van der Waals surface area contributed by atoms with Crippen LogP contribution in [0, 0.1) is 17.2 Å². The molecular weight excluding hydrogens is 582 g/mol. The van der Waals surface area contributed by atoms with Crippen LogP contribution in [0.5, 0.6) is 11.5 Å². The second-order valence-corrected chi connectivity index (χ2v) is 12.8. The van der Waals surface area contributed by atoms with E-state index in [2.05, 4.69) is 21.9 Å². The molecule has 2 N–H and O–H groups in total. The van der Waals surface area contributed by atoms with Gasteiger partial charge in [-0.1, -0.05) is 0 Å². The monoisotopic (exact) mass is 621 g/mol. The van der Waals surface area contributed by atoms with Crippen molar-refractivity contribution >= 4 is 44.1 Å². The van der Waals surface area contributed by atoms with Gasteiger partial charge in [0.15, 0.2) is 11.5 Å². The molecule has 2 aromatic rings. The lowest BCUT2D eigenvalue weighted by atomic mass is 9.99. The van der Waals surface area contributed by atoms with Gasteiger partial charge in [0.2, 0.25) is 0 Å². The second kappa shape index (κ2) is 15.9. The Kier molecular flexibility index (Phi) is 12.6. The Morgan fingerprint density at radius 2 is 1.81 bits per heavy atom. The van der Waals surface area contributed by atoms with Crippen molar-refractivity contribution in [2.24, 2.45) is 5.92 Å². The Balaban J connectivity index is 0.000000892. The van der Waals surface area contributed by atoms with E-state index < -0.39 is 10.1 Å². The maximum absolute atomic E-state index is 12.5. The van der Waals surface area contributed by atoms with Gasteiger partial charge in [-0.2, -0.15) is 13.7 Å². The van der Waals surface area contributed by atoms with Crippen molar-refractivity contribution in [1.29, 1.82) is 5.26 Å². The van der Waals surface area contributed by atoms with Crippen LogP contribution < -0.4 is 14.4 Å². The van der Waals surface area contributed by atoms with Crippen molar-refractivity contribution in [3.05, 3.63) is 40.8 Å². The normalized spacial score (nSPS) is 18.4. The van der Waals surface area contributed by atoms with E-state index in [9.17, 15) is 23.6 Å². The van der Waals surface area contributed by atoms with E-state index in [-0.39, 0.29) is 24.6 Å². The lowest BCUT2D eigenvalue weighted by Gasteiger charge is -2.34. The van der Waals surface area contributed by atoms with Crippen molar-refractivity contribution < 1.29 is 37.1 Å². The molecule has 0 radical (unpaired) electrons. The molecule has 0 bridgehead atoms. The number of likely N-dealkylation sites (tertiary alicyclic amines) is 1. The molecule has 0 aliphatic carbocycles. The van der Waals surface area contributed by atoms with Gasteiger partial charge in [0.05, 0.1) is 43.7 Å². The lowest BCUT2D eigenvalue weighted by Crippen LogP contribution is -2.42. The average Bonchev–Trinajstić information content (AvgIpc) is 3.43. The smallest absolute Gasteiger partial charge is 0.320 e. The quantitative estimate of drug-likeness (QED) is 0.240. The predicted molar refractivity (Wildman–Crippen MR) is 162 cm³/mol. The summed E-state index contributed by atoms with van der Waals surface area (Å²) in [4.78, 5) is 17.9. The summed E-state index contributed by atoms with van der Waals surface area (Å²) in [5.74, 6) is 1.30. The van der Waals surface area contributed by atoms with Gasteiger partial charge in [-0.05, 0) is 67.3 Å². The van der Waals surface area contributed by atoms with E-state index >= 15 is 0 Å². The van der Waals surface area contributed by atoms with Crippen LogP contribution in [0.3, 0.4) is 0 Å². The first-order valence-corrected chi connectivity index (χ1v) is 16.3. The maximum Gasteiger partial charge on any atom is 0.320 e. The van der Waals surface area contributed by atoms with E-state index in [4.69, 9.17) is 18.8 Å². The predicted octanol–water partition coefficient (Wildman–Crippen LogP) is 3.55. The number of aliphatic hydroxyl groups excluding tert-OH is 1. The zero-order valence-corrected chi connectivity index (χ0v) is 25.8. The third-order valence-electron chi connectivity index (χ3n) is 6.98. The molecule has 1 aromatic carbocycles. The third-order valence-corrected chi connectivity index (χ3v) is 8.07. The van der Waals surface area contributed by atoms with Crippen LogP contribution in [-0.2, 0) is 19.6 Å².